The van der Waals surface area contributed by atoms with Gasteiger partial charge in [-0.15, -0.1) is 0 Å². The highest BCUT2D eigenvalue weighted by Crippen LogP contribution is 2.06. The first-order valence-corrected chi connectivity index (χ1v) is 6.46. The van der Waals surface area contributed by atoms with E-state index >= 15 is 0 Å². The van der Waals surface area contributed by atoms with Gasteiger partial charge in [0.15, 0.2) is 0 Å². The Hall–Kier alpha value is -2.11. The summed E-state index contributed by atoms with van der Waals surface area (Å²) in [5, 5.41) is 5.12. The van der Waals surface area contributed by atoms with E-state index in [1.807, 2.05) is 13.8 Å². The van der Waals surface area contributed by atoms with Crippen molar-refractivity contribution in [3.63, 3.8) is 0 Å². The van der Waals surface area contributed by atoms with Crippen molar-refractivity contribution in [2.24, 2.45) is 11.7 Å². The molecule has 0 radical (unpaired) electrons. The first-order chi connectivity index (χ1) is 9.38. The zero-order valence-electron chi connectivity index (χ0n) is 11.7. The van der Waals surface area contributed by atoms with Crippen molar-refractivity contribution in [1.82, 2.24) is 10.6 Å². The van der Waals surface area contributed by atoms with Gasteiger partial charge in [0.2, 0.25) is 5.91 Å². The Kier molecular flexibility index (Phi) is 5.96. The molecule has 1 rings (SSSR count). The van der Waals surface area contributed by atoms with Crippen molar-refractivity contribution in [2.75, 3.05) is 0 Å². The number of urea groups is 1. The molecule has 0 fully saturated rings. The number of nitrogens with one attached hydrogen (secondary N) is 2. The third-order valence-corrected chi connectivity index (χ3v) is 2.72. The van der Waals surface area contributed by atoms with E-state index in [4.69, 9.17) is 5.73 Å². The summed E-state index contributed by atoms with van der Waals surface area (Å²) in [4.78, 5) is 22.9. The number of nitrogens with two attached hydrogens (primary N) is 1. The molecule has 4 N–H and O–H groups in total. The highest BCUT2D eigenvalue weighted by molar-refractivity contribution is 5.86. The molecule has 0 spiro atoms. The van der Waals surface area contributed by atoms with Crippen molar-refractivity contribution in [3.05, 3.63) is 35.6 Å². The molecular weight excluding hydrogens is 261 g/mol. The van der Waals surface area contributed by atoms with Crippen LogP contribution in [0.5, 0.6) is 0 Å². The van der Waals surface area contributed by atoms with Crippen LogP contribution in [0, 0.1) is 11.7 Å². The van der Waals surface area contributed by atoms with Gasteiger partial charge in [-0.3, -0.25) is 4.79 Å². The minimum absolute atomic E-state index is 0.239. The number of hydrogen-bond acceptors (Lipinski definition) is 2. The number of rotatable bonds is 6. The molecule has 0 saturated heterocycles. The number of hydrogen-bond donors (Lipinski definition) is 3. The molecule has 0 bridgehead atoms. The lowest BCUT2D eigenvalue weighted by atomic mass is 10.0. The van der Waals surface area contributed by atoms with Crippen molar-refractivity contribution in [2.45, 2.75) is 32.9 Å². The van der Waals surface area contributed by atoms with Crippen LogP contribution in [0.3, 0.4) is 0 Å². The van der Waals surface area contributed by atoms with Gasteiger partial charge in [0.1, 0.15) is 11.9 Å². The van der Waals surface area contributed by atoms with Crippen LogP contribution in [0.1, 0.15) is 25.8 Å². The van der Waals surface area contributed by atoms with Gasteiger partial charge in [-0.25, -0.2) is 9.18 Å². The van der Waals surface area contributed by atoms with Crippen molar-refractivity contribution in [1.29, 1.82) is 0 Å². The largest absolute Gasteiger partial charge is 0.352 e. The van der Waals surface area contributed by atoms with Crippen LogP contribution in [0.4, 0.5) is 9.18 Å². The van der Waals surface area contributed by atoms with Crippen LogP contribution in [0.2, 0.25) is 0 Å². The molecule has 1 aromatic carbocycles. The van der Waals surface area contributed by atoms with Gasteiger partial charge >= 0.3 is 6.03 Å². The fourth-order valence-electron chi connectivity index (χ4n) is 1.79. The van der Waals surface area contributed by atoms with Crippen LogP contribution in [-0.2, 0) is 11.3 Å². The van der Waals surface area contributed by atoms with Crippen LogP contribution in [0.25, 0.3) is 0 Å². The zero-order chi connectivity index (χ0) is 15.1. The molecule has 0 heterocycles. The minimum Gasteiger partial charge on any atom is -0.352 e. The van der Waals surface area contributed by atoms with Gasteiger partial charge < -0.3 is 16.4 Å². The number of benzene rings is 1. The summed E-state index contributed by atoms with van der Waals surface area (Å²) in [6.07, 6.45) is 0.498. The Bertz CT molecular complexity index is 460. The summed E-state index contributed by atoms with van der Waals surface area (Å²) < 4.78 is 12.8. The molecule has 6 heteroatoms. The minimum atomic E-state index is -0.729. The van der Waals surface area contributed by atoms with Crippen LogP contribution < -0.4 is 16.4 Å². The van der Waals surface area contributed by atoms with Crippen LogP contribution in [0.15, 0.2) is 24.3 Å². The molecular formula is C14H20FN3O2. The predicted molar refractivity (Wildman–Crippen MR) is 74.2 cm³/mol. The summed E-state index contributed by atoms with van der Waals surface area (Å²) >= 11 is 0. The Morgan fingerprint density at radius 3 is 2.35 bits per heavy atom. The van der Waals surface area contributed by atoms with Gasteiger partial charge in [-0.05, 0) is 30.0 Å². The summed E-state index contributed by atoms with van der Waals surface area (Å²) in [7, 11) is 0. The first kappa shape index (κ1) is 15.9. The van der Waals surface area contributed by atoms with E-state index in [2.05, 4.69) is 10.6 Å². The second-order valence-electron chi connectivity index (χ2n) is 5.03. The van der Waals surface area contributed by atoms with Gasteiger partial charge in [0, 0.05) is 6.54 Å². The Labute approximate surface area is 117 Å². The Morgan fingerprint density at radius 2 is 1.85 bits per heavy atom. The second-order valence-corrected chi connectivity index (χ2v) is 5.03. The summed E-state index contributed by atoms with van der Waals surface area (Å²) in [6.45, 7) is 4.17. The first-order valence-electron chi connectivity index (χ1n) is 6.46. The molecule has 0 aliphatic carbocycles. The number of amides is 3. The maximum atomic E-state index is 12.8. The molecule has 0 aromatic heterocycles. The SMILES string of the molecule is CC(C)CC(NC(N)=O)C(=O)NCc1ccc(F)cc1. The highest BCUT2D eigenvalue weighted by Gasteiger charge is 2.20. The van der Waals surface area contributed by atoms with E-state index in [9.17, 15) is 14.0 Å². The average Bonchev–Trinajstić information content (AvgIpc) is 2.36. The number of halogens is 1. The molecule has 20 heavy (non-hydrogen) atoms. The molecule has 0 aliphatic rings. The third kappa shape index (κ3) is 5.69. The Morgan fingerprint density at radius 1 is 1.25 bits per heavy atom. The standard InChI is InChI=1S/C14H20FN3O2/c1-9(2)7-12(18-14(16)20)13(19)17-8-10-3-5-11(15)6-4-10/h3-6,9,12H,7-8H2,1-2H3,(H,17,19)(H3,16,18,20). The molecule has 110 valence electrons. The van der Waals surface area contributed by atoms with E-state index in [0.717, 1.165) is 5.56 Å². The zero-order valence-corrected chi connectivity index (χ0v) is 11.7. The van der Waals surface area contributed by atoms with Crippen molar-refractivity contribution in [3.8, 4) is 0 Å². The summed E-state index contributed by atoms with van der Waals surface area (Å²) in [6, 6.07) is 4.45. The fourth-order valence-corrected chi connectivity index (χ4v) is 1.79. The van der Waals surface area contributed by atoms with Gasteiger partial charge in [-0.1, -0.05) is 26.0 Å². The highest BCUT2D eigenvalue weighted by atomic mass is 19.1. The van der Waals surface area contributed by atoms with Gasteiger partial charge in [0.25, 0.3) is 0 Å². The lowest BCUT2D eigenvalue weighted by Crippen LogP contribution is -2.49. The number of primary amides is 1. The number of carbonyl (C=O) groups excluding carboxylic acids is 2. The van der Waals surface area contributed by atoms with Crippen LogP contribution in [-0.4, -0.2) is 18.0 Å². The normalized spacial score (nSPS) is 12.0. The molecule has 5 nitrogen and oxygen atoms in total. The van der Waals surface area contributed by atoms with Gasteiger partial charge in [0.05, 0.1) is 0 Å². The van der Waals surface area contributed by atoms with E-state index in [1.54, 1.807) is 12.1 Å². The van der Waals surface area contributed by atoms with Crippen molar-refractivity contribution >= 4 is 11.9 Å². The number of carbonyl (C=O) groups is 2. The predicted octanol–water partition coefficient (Wildman–Crippen LogP) is 1.52. The maximum Gasteiger partial charge on any atom is 0.312 e. The topological polar surface area (TPSA) is 84.2 Å². The van der Waals surface area contributed by atoms with E-state index < -0.39 is 12.1 Å². The van der Waals surface area contributed by atoms with E-state index in [1.165, 1.54) is 12.1 Å². The second kappa shape index (κ2) is 7.47. The summed E-state index contributed by atoms with van der Waals surface area (Å²) in [5.41, 5.74) is 5.84. The maximum absolute atomic E-state index is 12.8. The molecule has 1 unspecified atom stereocenters. The molecule has 1 atom stereocenters. The third-order valence-electron chi connectivity index (χ3n) is 2.72. The lowest BCUT2D eigenvalue weighted by Gasteiger charge is -2.19. The molecule has 3 amide bonds. The average molecular weight is 281 g/mol. The van der Waals surface area contributed by atoms with Crippen molar-refractivity contribution < 1.29 is 14.0 Å². The fraction of sp³-hybridized carbons (Fsp3) is 0.429. The molecule has 1 aromatic rings. The summed E-state index contributed by atoms with van der Waals surface area (Å²) in [5.74, 6) is -0.390. The Balaban J connectivity index is 2.56. The molecule has 0 aliphatic heterocycles. The molecule has 0 saturated carbocycles. The van der Waals surface area contributed by atoms with E-state index in [0.29, 0.717) is 6.42 Å². The smallest absolute Gasteiger partial charge is 0.312 e. The quantitative estimate of drug-likeness (QED) is 0.738. The monoisotopic (exact) mass is 281 g/mol. The van der Waals surface area contributed by atoms with E-state index in [-0.39, 0.29) is 24.2 Å². The van der Waals surface area contributed by atoms with Crippen LogP contribution >= 0.6 is 0 Å². The lowest BCUT2D eigenvalue weighted by molar-refractivity contribution is -0.123. The van der Waals surface area contributed by atoms with Gasteiger partial charge in [-0.2, -0.15) is 0 Å².